The smallest absolute Gasteiger partial charge is 0.216 e. The molecule has 1 aromatic heterocycles. The Morgan fingerprint density at radius 3 is 2.62 bits per heavy atom. The number of H-pyrrole nitrogens is 1. The van der Waals surface area contributed by atoms with E-state index in [2.05, 4.69) is 15.3 Å². The summed E-state index contributed by atoms with van der Waals surface area (Å²) in [5, 5.41) is 11.5. The minimum absolute atomic E-state index is 0.409. The zero-order chi connectivity index (χ0) is 16.9. The minimum atomic E-state index is 0.409. The Bertz CT molecular complexity index is 916. The lowest BCUT2D eigenvalue weighted by Crippen LogP contribution is -1.97. The number of hydrogen-bond donors (Lipinski definition) is 1. The van der Waals surface area contributed by atoms with Crippen LogP contribution in [0.15, 0.2) is 53.6 Å². The Hall–Kier alpha value is -2.93. The Balaban J connectivity index is 2.02. The molecule has 1 N–H and O–H groups in total. The molecule has 0 fully saturated rings. The number of ether oxygens (including phenoxy) is 2. The van der Waals surface area contributed by atoms with E-state index in [1.807, 2.05) is 48.5 Å². The Kier molecular flexibility index (Phi) is 4.72. The highest BCUT2D eigenvalue weighted by molar-refractivity contribution is 7.71. The Labute approximate surface area is 144 Å². The summed E-state index contributed by atoms with van der Waals surface area (Å²) in [5.41, 5.74) is 1.69. The predicted octanol–water partition coefficient (Wildman–Crippen LogP) is 3.51. The van der Waals surface area contributed by atoms with Crippen molar-refractivity contribution >= 4 is 18.4 Å². The maximum Gasteiger partial charge on any atom is 0.216 e. The van der Waals surface area contributed by atoms with E-state index in [-0.39, 0.29) is 0 Å². The van der Waals surface area contributed by atoms with Crippen molar-refractivity contribution in [1.29, 1.82) is 0 Å². The number of aromatic amines is 1. The van der Waals surface area contributed by atoms with Crippen molar-refractivity contribution in [2.24, 2.45) is 5.10 Å². The van der Waals surface area contributed by atoms with Gasteiger partial charge in [0.25, 0.3) is 0 Å². The van der Waals surface area contributed by atoms with Crippen LogP contribution >= 0.6 is 12.2 Å². The normalized spacial score (nSPS) is 10.9. The molecule has 0 aliphatic carbocycles. The number of hydrogen-bond acceptors (Lipinski definition) is 5. The van der Waals surface area contributed by atoms with Crippen LogP contribution in [0.5, 0.6) is 11.5 Å². The maximum atomic E-state index is 5.35. The first-order valence-electron chi connectivity index (χ1n) is 7.22. The van der Waals surface area contributed by atoms with E-state index >= 15 is 0 Å². The monoisotopic (exact) mass is 340 g/mol. The van der Waals surface area contributed by atoms with Crippen LogP contribution in [0.4, 0.5) is 0 Å². The largest absolute Gasteiger partial charge is 0.497 e. The van der Waals surface area contributed by atoms with Crippen LogP contribution in [-0.2, 0) is 0 Å². The predicted molar refractivity (Wildman–Crippen MR) is 95.4 cm³/mol. The molecule has 7 heteroatoms. The SMILES string of the molecule is COc1ccc(OC)c(/C=N/n2c(-c3ccccc3)n[nH]c2=S)c1. The highest BCUT2D eigenvalue weighted by Crippen LogP contribution is 2.23. The highest BCUT2D eigenvalue weighted by atomic mass is 32.1. The van der Waals surface area contributed by atoms with Crippen molar-refractivity contribution in [2.75, 3.05) is 14.2 Å². The molecule has 0 saturated carbocycles. The van der Waals surface area contributed by atoms with Crippen LogP contribution in [0, 0.1) is 4.77 Å². The first-order chi connectivity index (χ1) is 11.7. The van der Waals surface area contributed by atoms with E-state index in [1.165, 1.54) is 0 Å². The number of rotatable bonds is 5. The van der Waals surface area contributed by atoms with Gasteiger partial charge in [-0.3, -0.25) is 0 Å². The highest BCUT2D eigenvalue weighted by Gasteiger charge is 2.08. The molecule has 0 atom stereocenters. The lowest BCUT2D eigenvalue weighted by Gasteiger charge is -2.07. The lowest BCUT2D eigenvalue weighted by atomic mass is 10.2. The van der Waals surface area contributed by atoms with Gasteiger partial charge in [-0.15, -0.1) is 0 Å². The van der Waals surface area contributed by atoms with Gasteiger partial charge in [-0.05, 0) is 30.4 Å². The van der Waals surface area contributed by atoms with E-state index in [1.54, 1.807) is 25.1 Å². The molecule has 0 amide bonds. The number of aromatic nitrogens is 3. The molecule has 0 aliphatic rings. The summed E-state index contributed by atoms with van der Waals surface area (Å²) in [6.45, 7) is 0. The molecule has 0 bridgehead atoms. The first-order valence-corrected chi connectivity index (χ1v) is 7.63. The summed E-state index contributed by atoms with van der Waals surface area (Å²) in [4.78, 5) is 0. The molecule has 3 rings (SSSR count). The van der Waals surface area contributed by atoms with Gasteiger partial charge in [0.15, 0.2) is 5.82 Å². The molecule has 0 spiro atoms. The van der Waals surface area contributed by atoms with Gasteiger partial charge < -0.3 is 9.47 Å². The van der Waals surface area contributed by atoms with Gasteiger partial charge >= 0.3 is 0 Å². The van der Waals surface area contributed by atoms with Crippen LogP contribution in [0.25, 0.3) is 11.4 Å². The molecule has 24 heavy (non-hydrogen) atoms. The fourth-order valence-corrected chi connectivity index (χ4v) is 2.41. The van der Waals surface area contributed by atoms with Gasteiger partial charge in [0.05, 0.1) is 20.4 Å². The standard InChI is InChI=1S/C17H16N4O2S/c1-22-14-8-9-15(23-2)13(10-14)11-18-21-16(19-20-17(21)24)12-6-4-3-5-7-12/h3-11H,1-2H3,(H,20,24)/b18-11+. The van der Waals surface area contributed by atoms with Crippen molar-refractivity contribution in [1.82, 2.24) is 14.9 Å². The van der Waals surface area contributed by atoms with Gasteiger partial charge in [0, 0.05) is 11.1 Å². The Morgan fingerprint density at radius 1 is 1.12 bits per heavy atom. The zero-order valence-corrected chi connectivity index (χ0v) is 14.1. The van der Waals surface area contributed by atoms with Crippen molar-refractivity contribution in [3.63, 3.8) is 0 Å². The molecular weight excluding hydrogens is 324 g/mol. The topological polar surface area (TPSA) is 64.4 Å². The lowest BCUT2D eigenvalue weighted by molar-refractivity contribution is 0.402. The van der Waals surface area contributed by atoms with Crippen LogP contribution in [0.2, 0.25) is 0 Å². The number of methoxy groups -OCH3 is 2. The fourth-order valence-electron chi connectivity index (χ4n) is 2.23. The third kappa shape index (κ3) is 3.21. The van der Waals surface area contributed by atoms with Gasteiger partial charge in [-0.1, -0.05) is 30.3 Å². The molecule has 0 aliphatic heterocycles. The van der Waals surface area contributed by atoms with E-state index in [0.717, 1.165) is 16.9 Å². The van der Waals surface area contributed by atoms with E-state index in [4.69, 9.17) is 21.7 Å². The maximum absolute atomic E-state index is 5.35. The molecule has 1 heterocycles. The molecular formula is C17H16N4O2S. The first kappa shape index (κ1) is 15.9. The fraction of sp³-hybridized carbons (Fsp3) is 0.118. The third-order valence-electron chi connectivity index (χ3n) is 3.43. The van der Waals surface area contributed by atoms with E-state index in [9.17, 15) is 0 Å². The molecule has 0 saturated heterocycles. The van der Waals surface area contributed by atoms with Crippen molar-refractivity contribution in [2.45, 2.75) is 0 Å². The van der Waals surface area contributed by atoms with Crippen LogP contribution in [0.1, 0.15) is 5.56 Å². The van der Waals surface area contributed by atoms with Crippen LogP contribution in [-0.4, -0.2) is 35.3 Å². The van der Waals surface area contributed by atoms with Gasteiger partial charge in [0.1, 0.15) is 11.5 Å². The summed E-state index contributed by atoms with van der Waals surface area (Å²) in [7, 11) is 3.22. The minimum Gasteiger partial charge on any atom is -0.497 e. The molecule has 0 radical (unpaired) electrons. The summed E-state index contributed by atoms with van der Waals surface area (Å²) in [6, 6.07) is 15.2. The Morgan fingerprint density at radius 2 is 1.92 bits per heavy atom. The van der Waals surface area contributed by atoms with Crippen LogP contribution < -0.4 is 9.47 Å². The van der Waals surface area contributed by atoms with Gasteiger partial charge in [-0.25, -0.2) is 5.10 Å². The second-order valence-electron chi connectivity index (χ2n) is 4.88. The summed E-state index contributed by atoms with van der Waals surface area (Å²) >= 11 is 5.27. The van der Waals surface area contributed by atoms with Crippen molar-refractivity contribution in [3.8, 4) is 22.9 Å². The number of nitrogens with one attached hydrogen (secondary N) is 1. The third-order valence-corrected chi connectivity index (χ3v) is 3.70. The summed E-state index contributed by atoms with van der Waals surface area (Å²) in [6.07, 6.45) is 1.67. The molecule has 0 unspecified atom stereocenters. The average Bonchev–Trinajstić information content (AvgIpc) is 3.01. The van der Waals surface area contributed by atoms with Crippen LogP contribution in [0.3, 0.4) is 0 Å². The number of benzene rings is 2. The van der Waals surface area contributed by atoms with E-state index < -0.39 is 0 Å². The summed E-state index contributed by atoms with van der Waals surface area (Å²) in [5.74, 6) is 2.05. The van der Waals surface area contributed by atoms with Gasteiger partial charge in [0.2, 0.25) is 4.77 Å². The average molecular weight is 340 g/mol. The molecule has 3 aromatic rings. The quantitative estimate of drug-likeness (QED) is 0.570. The van der Waals surface area contributed by atoms with Crippen molar-refractivity contribution < 1.29 is 9.47 Å². The second kappa shape index (κ2) is 7.10. The van der Waals surface area contributed by atoms with Crippen molar-refractivity contribution in [3.05, 3.63) is 58.9 Å². The molecule has 122 valence electrons. The molecule has 2 aromatic carbocycles. The van der Waals surface area contributed by atoms with E-state index in [0.29, 0.717) is 16.3 Å². The molecule has 6 nitrogen and oxygen atoms in total. The zero-order valence-electron chi connectivity index (χ0n) is 13.3. The summed E-state index contributed by atoms with van der Waals surface area (Å²) < 4.78 is 12.6. The van der Waals surface area contributed by atoms with Gasteiger partial charge in [-0.2, -0.15) is 14.9 Å². The second-order valence-corrected chi connectivity index (χ2v) is 5.27. The number of nitrogens with zero attached hydrogens (tertiary/aromatic N) is 3.